The maximum Gasteiger partial charge on any atom is 0.0941 e. The third-order valence-corrected chi connectivity index (χ3v) is 4.58. The van der Waals surface area contributed by atoms with E-state index in [1.165, 1.54) is 18.6 Å². The van der Waals surface area contributed by atoms with Crippen molar-refractivity contribution in [3.05, 3.63) is 26.1 Å². The van der Waals surface area contributed by atoms with Gasteiger partial charge in [0.2, 0.25) is 0 Å². The van der Waals surface area contributed by atoms with Gasteiger partial charge in [0.25, 0.3) is 0 Å². The number of hydrogen-bond acceptors (Lipinski definition) is 2. The summed E-state index contributed by atoms with van der Waals surface area (Å²) in [5.41, 5.74) is 0. The smallest absolute Gasteiger partial charge is 0.0941 e. The molecule has 1 aromatic heterocycles. The molecule has 1 aromatic carbocycles. The van der Waals surface area contributed by atoms with Gasteiger partial charge >= 0.3 is 0 Å². The van der Waals surface area contributed by atoms with Gasteiger partial charge < -0.3 is 0 Å². The minimum Gasteiger partial charge on any atom is -0.130 e. The summed E-state index contributed by atoms with van der Waals surface area (Å²) < 4.78 is 3.43. The summed E-state index contributed by atoms with van der Waals surface area (Å²) in [5.74, 6) is 0. The molecule has 0 fully saturated rings. The first-order valence-corrected chi connectivity index (χ1v) is 7.13. The predicted octanol–water partition coefficient (Wildman–Crippen LogP) is 4.88. The molecular formula is C9H6ClIS2. The second kappa shape index (κ2) is 3.96. The van der Waals surface area contributed by atoms with Crippen LogP contribution >= 0.6 is 57.3 Å². The normalized spacial score (nSPS) is 11.0. The molecule has 0 atom stereocenters. The molecule has 0 aliphatic carbocycles. The second-order valence-corrected chi connectivity index (χ2v) is 6.33. The fourth-order valence-corrected chi connectivity index (χ4v) is 4.09. The third-order valence-electron chi connectivity index (χ3n) is 1.77. The van der Waals surface area contributed by atoms with E-state index in [-0.39, 0.29) is 0 Å². The van der Waals surface area contributed by atoms with Crippen LogP contribution in [0, 0.1) is 3.57 Å². The molecule has 13 heavy (non-hydrogen) atoms. The van der Waals surface area contributed by atoms with Gasteiger partial charge in [-0.15, -0.1) is 23.1 Å². The minimum atomic E-state index is 0.867. The lowest BCUT2D eigenvalue weighted by Gasteiger charge is -1.98. The zero-order valence-corrected chi connectivity index (χ0v) is 11.4. The van der Waals surface area contributed by atoms with Crippen molar-refractivity contribution in [1.29, 1.82) is 0 Å². The van der Waals surface area contributed by atoms with Crippen LogP contribution in [0.25, 0.3) is 10.1 Å². The lowest BCUT2D eigenvalue weighted by molar-refractivity contribution is 1.50. The molecule has 0 radical (unpaired) electrons. The number of hydrogen-bond donors (Lipinski definition) is 0. The summed E-state index contributed by atoms with van der Waals surface area (Å²) in [6, 6.07) is 6.42. The van der Waals surface area contributed by atoms with Gasteiger partial charge in [-0.25, -0.2) is 0 Å². The fourth-order valence-electron chi connectivity index (χ4n) is 1.16. The molecule has 0 aliphatic rings. The Bertz CT molecular complexity index is 450. The van der Waals surface area contributed by atoms with Crippen LogP contribution in [0.15, 0.2) is 23.1 Å². The Labute approximate surface area is 104 Å². The van der Waals surface area contributed by atoms with E-state index in [1.54, 1.807) is 23.1 Å². The lowest BCUT2D eigenvalue weighted by Crippen LogP contribution is -1.74. The van der Waals surface area contributed by atoms with E-state index in [9.17, 15) is 0 Å². The summed E-state index contributed by atoms with van der Waals surface area (Å²) in [7, 11) is 0. The van der Waals surface area contributed by atoms with Crippen LogP contribution in [0.1, 0.15) is 0 Å². The van der Waals surface area contributed by atoms with Crippen LogP contribution in [-0.2, 0) is 0 Å². The molecule has 0 nitrogen and oxygen atoms in total. The van der Waals surface area contributed by atoms with Crippen LogP contribution in [-0.4, -0.2) is 6.26 Å². The first kappa shape index (κ1) is 10.1. The van der Waals surface area contributed by atoms with Crippen molar-refractivity contribution in [3.63, 3.8) is 0 Å². The SMILES string of the molecule is CSc1cc(I)c2cc(Cl)sc2c1. The molecule has 0 amide bonds. The highest BCUT2D eigenvalue weighted by molar-refractivity contribution is 14.1. The van der Waals surface area contributed by atoms with E-state index in [2.05, 4.69) is 41.0 Å². The van der Waals surface area contributed by atoms with Gasteiger partial charge in [0.1, 0.15) is 0 Å². The molecule has 0 spiro atoms. The number of thioether (sulfide) groups is 1. The van der Waals surface area contributed by atoms with Crippen LogP contribution in [0.5, 0.6) is 0 Å². The van der Waals surface area contributed by atoms with Gasteiger partial charge in [-0.1, -0.05) is 11.6 Å². The molecule has 0 unspecified atom stereocenters. The van der Waals surface area contributed by atoms with Gasteiger partial charge in [-0.2, -0.15) is 0 Å². The molecule has 2 rings (SSSR count). The van der Waals surface area contributed by atoms with E-state index in [4.69, 9.17) is 11.6 Å². The molecule has 0 N–H and O–H groups in total. The Balaban J connectivity index is 2.75. The standard InChI is InChI=1S/C9H6ClIS2/c1-12-5-2-7(11)6-4-9(10)13-8(6)3-5/h2-4H,1H3. The highest BCUT2D eigenvalue weighted by atomic mass is 127. The van der Waals surface area contributed by atoms with Gasteiger partial charge in [0, 0.05) is 18.6 Å². The summed E-state index contributed by atoms with van der Waals surface area (Å²) >= 11 is 11.7. The highest BCUT2D eigenvalue weighted by Crippen LogP contribution is 2.35. The van der Waals surface area contributed by atoms with Gasteiger partial charge in [-0.3, -0.25) is 0 Å². The molecule has 0 bridgehead atoms. The Morgan fingerprint density at radius 2 is 2.15 bits per heavy atom. The van der Waals surface area contributed by atoms with Crippen molar-refractivity contribution in [2.24, 2.45) is 0 Å². The molecular weight excluding hydrogens is 335 g/mol. The summed E-state index contributed by atoms with van der Waals surface area (Å²) in [6.45, 7) is 0. The highest BCUT2D eigenvalue weighted by Gasteiger charge is 2.05. The summed E-state index contributed by atoms with van der Waals surface area (Å²) in [6.07, 6.45) is 2.09. The molecule has 0 saturated carbocycles. The number of thiophene rings is 1. The van der Waals surface area contributed by atoms with E-state index in [1.807, 2.05) is 6.07 Å². The quantitative estimate of drug-likeness (QED) is 0.526. The van der Waals surface area contributed by atoms with E-state index < -0.39 is 0 Å². The van der Waals surface area contributed by atoms with Crippen molar-refractivity contribution in [2.75, 3.05) is 6.26 Å². The first-order chi connectivity index (χ1) is 6.20. The van der Waals surface area contributed by atoms with Gasteiger partial charge in [-0.05, 0) is 47.0 Å². The van der Waals surface area contributed by atoms with Crippen LogP contribution in [0.3, 0.4) is 0 Å². The first-order valence-electron chi connectivity index (χ1n) is 3.63. The number of fused-ring (bicyclic) bond motifs is 1. The monoisotopic (exact) mass is 340 g/mol. The van der Waals surface area contributed by atoms with Crippen molar-refractivity contribution in [3.8, 4) is 0 Å². The zero-order chi connectivity index (χ0) is 9.42. The Morgan fingerprint density at radius 3 is 2.85 bits per heavy atom. The molecule has 68 valence electrons. The molecule has 1 heterocycles. The molecule has 4 heteroatoms. The second-order valence-electron chi connectivity index (χ2n) is 2.57. The van der Waals surface area contributed by atoms with Crippen molar-refractivity contribution in [2.45, 2.75) is 4.90 Å². The molecule has 2 aromatic rings. The Kier molecular flexibility index (Phi) is 3.07. The number of halogens is 2. The number of rotatable bonds is 1. The van der Waals surface area contributed by atoms with Crippen LogP contribution in [0.4, 0.5) is 0 Å². The minimum absolute atomic E-state index is 0.867. The van der Waals surface area contributed by atoms with Crippen LogP contribution < -0.4 is 0 Å². The van der Waals surface area contributed by atoms with Gasteiger partial charge in [0.15, 0.2) is 0 Å². The topological polar surface area (TPSA) is 0 Å². The molecule has 0 saturated heterocycles. The third kappa shape index (κ3) is 1.98. The Morgan fingerprint density at radius 1 is 1.38 bits per heavy atom. The van der Waals surface area contributed by atoms with Crippen molar-refractivity contribution >= 4 is 67.4 Å². The predicted molar refractivity (Wildman–Crippen MR) is 71.3 cm³/mol. The summed E-state index contributed by atoms with van der Waals surface area (Å²) in [5, 5.41) is 1.27. The van der Waals surface area contributed by atoms with E-state index in [0.29, 0.717) is 0 Å². The van der Waals surface area contributed by atoms with Crippen molar-refractivity contribution < 1.29 is 0 Å². The van der Waals surface area contributed by atoms with E-state index in [0.717, 1.165) is 4.34 Å². The van der Waals surface area contributed by atoms with E-state index >= 15 is 0 Å². The maximum absolute atomic E-state index is 5.96. The average molecular weight is 341 g/mol. The summed E-state index contributed by atoms with van der Waals surface area (Å²) in [4.78, 5) is 1.30. The fraction of sp³-hybridized carbons (Fsp3) is 0.111. The largest absolute Gasteiger partial charge is 0.130 e. The number of benzene rings is 1. The Hall–Kier alpha value is 0.550. The van der Waals surface area contributed by atoms with Crippen LogP contribution in [0.2, 0.25) is 4.34 Å². The lowest BCUT2D eigenvalue weighted by atomic mass is 10.3. The molecule has 0 aliphatic heterocycles. The van der Waals surface area contributed by atoms with Gasteiger partial charge in [0.05, 0.1) is 4.34 Å². The van der Waals surface area contributed by atoms with Crippen molar-refractivity contribution in [1.82, 2.24) is 0 Å². The zero-order valence-electron chi connectivity index (χ0n) is 6.80. The maximum atomic E-state index is 5.96. The average Bonchev–Trinajstić information content (AvgIpc) is 2.46.